The molecule has 0 fully saturated rings. The van der Waals surface area contributed by atoms with Crippen LogP contribution in [0.5, 0.6) is 0 Å². The van der Waals surface area contributed by atoms with Gasteiger partial charge in [-0.3, -0.25) is 4.68 Å². The van der Waals surface area contributed by atoms with Crippen molar-refractivity contribution in [1.82, 2.24) is 20.0 Å². The minimum absolute atomic E-state index is 0.874. The third-order valence-electron chi connectivity index (χ3n) is 3.20. The van der Waals surface area contributed by atoms with Crippen molar-refractivity contribution in [2.45, 2.75) is 40.3 Å². The number of aryl methyl sites for hydroxylation is 2. The average Bonchev–Trinajstić information content (AvgIpc) is 2.70. The maximum absolute atomic E-state index is 4.60. The monoisotopic (exact) mass is 316 g/mol. The van der Waals surface area contributed by atoms with Crippen molar-refractivity contribution in [3.05, 3.63) is 15.9 Å². The molecule has 0 saturated heterocycles. The zero-order chi connectivity index (χ0) is 13.5. The third-order valence-corrected chi connectivity index (χ3v) is 4.11. The van der Waals surface area contributed by atoms with E-state index in [-0.39, 0.29) is 0 Å². The summed E-state index contributed by atoms with van der Waals surface area (Å²) in [7, 11) is 2.14. The fourth-order valence-corrected chi connectivity index (χ4v) is 2.53. The number of aromatic nitrogens is 2. The molecule has 104 valence electrons. The standard InChI is InChI=1S/C13H25BrN4/c1-5-11-13(14)12(18(7-3)16-11)10-15-8-9-17(4)6-2/h15H,5-10H2,1-4H3. The summed E-state index contributed by atoms with van der Waals surface area (Å²) >= 11 is 3.66. The van der Waals surface area contributed by atoms with Gasteiger partial charge in [-0.05, 0) is 42.9 Å². The number of rotatable bonds is 8. The zero-order valence-electron chi connectivity index (χ0n) is 12.0. The lowest BCUT2D eigenvalue weighted by molar-refractivity contribution is 0.348. The summed E-state index contributed by atoms with van der Waals surface area (Å²) in [5.41, 5.74) is 2.41. The topological polar surface area (TPSA) is 33.1 Å². The van der Waals surface area contributed by atoms with Crippen LogP contribution in [0.25, 0.3) is 0 Å². The molecule has 0 unspecified atom stereocenters. The first kappa shape index (κ1) is 15.7. The Labute approximate surface area is 119 Å². The molecule has 0 atom stereocenters. The van der Waals surface area contributed by atoms with Crippen LogP contribution in [0.3, 0.4) is 0 Å². The van der Waals surface area contributed by atoms with Gasteiger partial charge in [0.15, 0.2) is 0 Å². The second-order valence-corrected chi connectivity index (χ2v) is 5.24. The second-order valence-electron chi connectivity index (χ2n) is 4.45. The Kier molecular flexibility index (Phi) is 6.89. The van der Waals surface area contributed by atoms with Gasteiger partial charge in [0.05, 0.1) is 15.9 Å². The highest BCUT2D eigenvalue weighted by atomic mass is 79.9. The summed E-state index contributed by atoms with van der Waals surface area (Å²) in [6, 6.07) is 0. The number of likely N-dealkylation sites (N-methyl/N-ethyl adjacent to an activating group) is 1. The summed E-state index contributed by atoms with van der Waals surface area (Å²) in [5.74, 6) is 0. The van der Waals surface area contributed by atoms with E-state index in [2.05, 4.69) is 63.7 Å². The first-order valence-electron chi connectivity index (χ1n) is 6.77. The molecule has 0 spiro atoms. The predicted molar refractivity (Wildman–Crippen MR) is 79.9 cm³/mol. The van der Waals surface area contributed by atoms with Gasteiger partial charge in [0.1, 0.15) is 0 Å². The zero-order valence-corrected chi connectivity index (χ0v) is 13.5. The van der Waals surface area contributed by atoms with Gasteiger partial charge < -0.3 is 10.2 Å². The lowest BCUT2D eigenvalue weighted by atomic mass is 10.3. The van der Waals surface area contributed by atoms with Crippen molar-refractivity contribution in [3.8, 4) is 0 Å². The molecule has 1 aromatic heterocycles. The van der Waals surface area contributed by atoms with Gasteiger partial charge in [0.25, 0.3) is 0 Å². The summed E-state index contributed by atoms with van der Waals surface area (Å²) in [6.45, 7) is 11.4. The van der Waals surface area contributed by atoms with Crippen LogP contribution in [-0.4, -0.2) is 41.4 Å². The van der Waals surface area contributed by atoms with Crippen molar-refractivity contribution < 1.29 is 0 Å². The largest absolute Gasteiger partial charge is 0.310 e. The Balaban J connectivity index is 2.53. The van der Waals surface area contributed by atoms with Crippen molar-refractivity contribution in [3.63, 3.8) is 0 Å². The van der Waals surface area contributed by atoms with Crippen molar-refractivity contribution >= 4 is 15.9 Å². The lowest BCUT2D eigenvalue weighted by Crippen LogP contribution is -2.29. The summed E-state index contributed by atoms with van der Waals surface area (Å²) in [6.07, 6.45) is 0.971. The molecule has 0 aliphatic rings. The quantitative estimate of drug-likeness (QED) is 0.747. The van der Waals surface area contributed by atoms with E-state index in [4.69, 9.17) is 0 Å². The van der Waals surface area contributed by atoms with Crippen LogP contribution < -0.4 is 5.32 Å². The Morgan fingerprint density at radius 1 is 1.33 bits per heavy atom. The molecule has 0 amide bonds. The van der Waals surface area contributed by atoms with Crippen LogP contribution >= 0.6 is 15.9 Å². The van der Waals surface area contributed by atoms with Crippen molar-refractivity contribution in [2.75, 3.05) is 26.7 Å². The molecule has 0 aliphatic heterocycles. The van der Waals surface area contributed by atoms with Gasteiger partial charge in [-0.25, -0.2) is 0 Å². The molecule has 0 saturated carbocycles. The van der Waals surface area contributed by atoms with Gasteiger partial charge in [-0.1, -0.05) is 13.8 Å². The summed E-state index contributed by atoms with van der Waals surface area (Å²) < 4.78 is 3.25. The van der Waals surface area contributed by atoms with E-state index in [0.717, 1.165) is 44.8 Å². The van der Waals surface area contributed by atoms with E-state index in [9.17, 15) is 0 Å². The molecule has 1 heterocycles. The van der Waals surface area contributed by atoms with E-state index >= 15 is 0 Å². The molecule has 0 aliphatic carbocycles. The summed E-state index contributed by atoms with van der Waals surface area (Å²) in [5, 5.41) is 8.08. The molecule has 4 nitrogen and oxygen atoms in total. The molecule has 18 heavy (non-hydrogen) atoms. The van der Waals surface area contributed by atoms with E-state index in [1.165, 1.54) is 10.2 Å². The van der Waals surface area contributed by atoms with Crippen LogP contribution in [-0.2, 0) is 19.5 Å². The van der Waals surface area contributed by atoms with Gasteiger partial charge >= 0.3 is 0 Å². The Morgan fingerprint density at radius 3 is 2.61 bits per heavy atom. The van der Waals surface area contributed by atoms with Crippen LogP contribution in [0.2, 0.25) is 0 Å². The van der Waals surface area contributed by atoms with Gasteiger partial charge in [-0.15, -0.1) is 0 Å². The van der Waals surface area contributed by atoms with Crippen molar-refractivity contribution in [2.24, 2.45) is 0 Å². The van der Waals surface area contributed by atoms with Crippen LogP contribution in [0, 0.1) is 0 Å². The first-order chi connectivity index (χ1) is 8.63. The lowest BCUT2D eigenvalue weighted by Gasteiger charge is -2.14. The number of nitrogens with zero attached hydrogens (tertiary/aromatic N) is 3. The molecule has 5 heteroatoms. The number of hydrogen-bond donors (Lipinski definition) is 1. The number of nitrogens with one attached hydrogen (secondary N) is 1. The molecular formula is C13H25BrN4. The normalized spacial score (nSPS) is 11.4. The van der Waals surface area contributed by atoms with Crippen LogP contribution in [0.1, 0.15) is 32.2 Å². The fourth-order valence-electron chi connectivity index (χ4n) is 1.82. The molecule has 0 radical (unpaired) electrons. The molecular weight excluding hydrogens is 292 g/mol. The maximum Gasteiger partial charge on any atom is 0.0767 e. The summed E-state index contributed by atoms with van der Waals surface area (Å²) in [4.78, 5) is 2.30. The molecule has 1 aromatic rings. The van der Waals surface area contributed by atoms with Crippen molar-refractivity contribution in [1.29, 1.82) is 0 Å². The highest BCUT2D eigenvalue weighted by molar-refractivity contribution is 9.10. The van der Waals surface area contributed by atoms with E-state index < -0.39 is 0 Å². The predicted octanol–water partition coefficient (Wildman–Crippen LogP) is 2.27. The highest BCUT2D eigenvalue weighted by Crippen LogP contribution is 2.22. The smallest absolute Gasteiger partial charge is 0.0767 e. The molecule has 1 N–H and O–H groups in total. The minimum atomic E-state index is 0.874. The number of halogens is 1. The van der Waals surface area contributed by atoms with Gasteiger partial charge in [-0.2, -0.15) is 5.10 Å². The van der Waals surface area contributed by atoms with E-state index in [0.29, 0.717) is 0 Å². The second kappa shape index (κ2) is 7.92. The molecule has 0 bridgehead atoms. The fraction of sp³-hybridized carbons (Fsp3) is 0.769. The maximum atomic E-state index is 4.60. The average molecular weight is 317 g/mol. The molecule has 0 aromatic carbocycles. The van der Waals surface area contributed by atoms with Gasteiger partial charge in [0.2, 0.25) is 0 Å². The Morgan fingerprint density at radius 2 is 2.06 bits per heavy atom. The Bertz CT molecular complexity index is 362. The number of hydrogen-bond acceptors (Lipinski definition) is 3. The van der Waals surface area contributed by atoms with E-state index in [1.54, 1.807) is 0 Å². The van der Waals surface area contributed by atoms with Gasteiger partial charge in [0, 0.05) is 26.2 Å². The minimum Gasteiger partial charge on any atom is -0.310 e. The molecule has 1 rings (SSSR count). The van der Waals surface area contributed by atoms with E-state index in [1.807, 2.05) is 0 Å². The first-order valence-corrected chi connectivity index (χ1v) is 7.56. The highest BCUT2D eigenvalue weighted by Gasteiger charge is 2.12. The SMILES string of the molecule is CCc1nn(CC)c(CNCCN(C)CC)c1Br. The van der Waals surface area contributed by atoms with Crippen LogP contribution in [0.4, 0.5) is 0 Å². The third kappa shape index (κ3) is 4.07. The van der Waals surface area contributed by atoms with Crippen LogP contribution in [0.15, 0.2) is 4.47 Å². The Hall–Kier alpha value is -0.390.